The number of carbonyl (C=O) groups excluding carboxylic acids is 1. The SMILES string of the molecule is CC1CC(NC(=O)n2c(=O)n(CCN3CCOCC3)c3ccccc32)CC(C)(C)C1. The summed E-state index contributed by atoms with van der Waals surface area (Å²) in [5, 5.41) is 3.16. The molecule has 1 N–H and O–H groups in total. The Balaban J connectivity index is 1.57. The van der Waals surface area contributed by atoms with E-state index in [9.17, 15) is 9.59 Å². The average molecular weight is 415 g/mol. The monoisotopic (exact) mass is 414 g/mol. The van der Waals surface area contributed by atoms with Crippen LogP contribution in [0.15, 0.2) is 29.1 Å². The molecule has 2 aromatic rings. The molecular formula is C23H34N4O3. The summed E-state index contributed by atoms with van der Waals surface area (Å²) in [5.74, 6) is 0.561. The van der Waals surface area contributed by atoms with E-state index in [1.807, 2.05) is 24.3 Å². The highest BCUT2D eigenvalue weighted by atomic mass is 16.5. The van der Waals surface area contributed by atoms with Crippen LogP contribution in [0.25, 0.3) is 11.0 Å². The minimum Gasteiger partial charge on any atom is -0.379 e. The van der Waals surface area contributed by atoms with Crippen LogP contribution in [0, 0.1) is 11.3 Å². The van der Waals surface area contributed by atoms with Crippen molar-refractivity contribution in [2.45, 2.75) is 52.6 Å². The van der Waals surface area contributed by atoms with Gasteiger partial charge in [0.1, 0.15) is 0 Å². The molecular weight excluding hydrogens is 380 g/mol. The van der Waals surface area contributed by atoms with Crippen molar-refractivity contribution in [3.8, 4) is 0 Å². The Morgan fingerprint density at radius 1 is 1.13 bits per heavy atom. The van der Waals surface area contributed by atoms with Gasteiger partial charge in [-0.3, -0.25) is 9.47 Å². The fourth-order valence-corrected chi connectivity index (χ4v) is 5.38. The van der Waals surface area contributed by atoms with Crippen molar-refractivity contribution in [1.82, 2.24) is 19.4 Å². The topological polar surface area (TPSA) is 68.5 Å². The van der Waals surface area contributed by atoms with Crippen molar-refractivity contribution in [3.05, 3.63) is 34.7 Å². The van der Waals surface area contributed by atoms with Crippen molar-refractivity contribution < 1.29 is 9.53 Å². The molecule has 2 aliphatic rings. The van der Waals surface area contributed by atoms with Crippen LogP contribution in [-0.2, 0) is 11.3 Å². The zero-order valence-corrected chi connectivity index (χ0v) is 18.4. The number of ether oxygens (including phenoxy) is 1. The maximum atomic E-state index is 13.3. The minimum absolute atomic E-state index is 0.0959. The van der Waals surface area contributed by atoms with Gasteiger partial charge in [-0.05, 0) is 42.7 Å². The van der Waals surface area contributed by atoms with E-state index in [1.165, 1.54) is 11.0 Å². The molecule has 1 aliphatic heterocycles. The number of rotatable bonds is 4. The predicted octanol–water partition coefficient (Wildman–Crippen LogP) is 2.91. The molecule has 4 rings (SSSR count). The number of morpholine rings is 1. The van der Waals surface area contributed by atoms with Gasteiger partial charge in [0, 0.05) is 32.2 Å². The molecule has 1 aromatic carbocycles. The van der Waals surface area contributed by atoms with E-state index in [4.69, 9.17) is 4.74 Å². The van der Waals surface area contributed by atoms with Crippen molar-refractivity contribution in [3.63, 3.8) is 0 Å². The van der Waals surface area contributed by atoms with E-state index in [1.54, 1.807) is 4.57 Å². The molecule has 7 heteroatoms. The zero-order valence-electron chi connectivity index (χ0n) is 18.4. The average Bonchev–Trinajstić information content (AvgIpc) is 2.97. The van der Waals surface area contributed by atoms with Gasteiger partial charge in [-0.1, -0.05) is 32.9 Å². The van der Waals surface area contributed by atoms with Crippen molar-refractivity contribution >= 4 is 17.1 Å². The third kappa shape index (κ3) is 4.47. The molecule has 2 fully saturated rings. The number of carbonyl (C=O) groups is 1. The van der Waals surface area contributed by atoms with Gasteiger partial charge in [-0.2, -0.15) is 0 Å². The van der Waals surface area contributed by atoms with Crippen LogP contribution >= 0.6 is 0 Å². The van der Waals surface area contributed by atoms with Crippen LogP contribution in [0.2, 0.25) is 0 Å². The van der Waals surface area contributed by atoms with Gasteiger partial charge in [0.2, 0.25) is 0 Å². The summed E-state index contributed by atoms with van der Waals surface area (Å²) in [5.41, 5.74) is 1.42. The summed E-state index contributed by atoms with van der Waals surface area (Å²) in [4.78, 5) is 28.8. The Bertz CT molecular complexity index is 955. The van der Waals surface area contributed by atoms with Crippen LogP contribution in [-0.4, -0.2) is 59.0 Å². The Morgan fingerprint density at radius 2 is 1.83 bits per heavy atom. The molecule has 1 aromatic heterocycles. The third-order valence-electron chi connectivity index (χ3n) is 6.50. The Kier molecular flexibility index (Phi) is 6.02. The molecule has 1 saturated heterocycles. The Labute approximate surface area is 178 Å². The molecule has 164 valence electrons. The van der Waals surface area contributed by atoms with Crippen molar-refractivity contribution in [2.75, 3.05) is 32.8 Å². The normalized spacial score (nSPS) is 24.8. The van der Waals surface area contributed by atoms with Crippen molar-refractivity contribution in [1.29, 1.82) is 0 Å². The smallest absolute Gasteiger partial charge is 0.337 e. The third-order valence-corrected chi connectivity index (χ3v) is 6.50. The van der Waals surface area contributed by atoms with Crippen LogP contribution in [0.1, 0.15) is 40.0 Å². The summed E-state index contributed by atoms with van der Waals surface area (Å²) < 4.78 is 8.46. The lowest BCUT2D eigenvalue weighted by Gasteiger charge is -2.39. The highest BCUT2D eigenvalue weighted by molar-refractivity contribution is 5.89. The molecule has 7 nitrogen and oxygen atoms in total. The molecule has 30 heavy (non-hydrogen) atoms. The number of aromatic nitrogens is 2. The first-order valence-electron chi connectivity index (χ1n) is 11.2. The van der Waals surface area contributed by atoms with Crippen LogP contribution in [0.4, 0.5) is 4.79 Å². The summed E-state index contributed by atoms with van der Waals surface area (Å²) in [6, 6.07) is 7.36. The van der Waals surface area contributed by atoms with E-state index in [-0.39, 0.29) is 23.2 Å². The summed E-state index contributed by atoms with van der Waals surface area (Å²) in [7, 11) is 0. The summed E-state index contributed by atoms with van der Waals surface area (Å²) in [6.07, 6.45) is 3.06. The van der Waals surface area contributed by atoms with E-state index in [0.29, 0.717) is 18.0 Å². The first-order valence-corrected chi connectivity index (χ1v) is 11.2. The van der Waals surface area contributed by atoms with E-state index in [0.717, 1.165) is 51.2 Å². The molecule has 2 atom stereocenters. The molecule has 0 radical (unpaired) electrons. The number of hydrogen-bond donors (Lipinski definition) is 1. The lowest BCUT2D eigenvalue weighted by atomic mass is 9.71. The molecule has 1 aliphatic carbocycles. The lowest BCUT2D eigenvalue weighted by Crippen LogP contribution is -2.47. The highest BCUT2D eigenvalue weighted by Gasteiger charge is 2.33. The van der Waals surface area contributed by atoms with Crippen molar-refractivity contribution in [2.24, 2.45) is 11.3 Å². The number of nitrogens with zero attached hydrogens (tertiary/aromatic N) is 3. The number of amides is 1. The minimum atomic E-state index is -0.309. The molecule has 2 heterocycles. The maximum Gasteiger partial charge on any atom is 0.337 e. The first kappa shape index (κ1) is 21.1. The molecule has 1 saturated carbocycles. The second-order valence-electron chi connectivity index (χ2n) is 9.77. The second-order valence-corrected chi connectivity index (χ2v) is 9.77. The zero-order chi connectivity index (χ0) is 21.3. The first-order chi connectivity index (χ1) is 14.3. The second kappa shape index (κ2) is 8.55. The Hall–Kier alpha value is -2.12. The standard InChI is InChI=1S/C23H34N4O3/c1-17-14-18(16-23(2,3)15-17)24-21(28)27-20-7-5-4-6-19(20)26(22(27)29)9-8-25-10-12-30-13-11-25/h4-7,17-18H,8-16H2,1-3H3,(H,24,28). The fourth-order valence-electron chi connectivity index (χ4n) is 5.38. The van der Waals surface area contributed by atoms with Gasteiger partial charge in [0.15, 0.2) is 0 Å². The van der Waals surface area contributed by atoms with Crippen LogP contribution in [0.3, 0.4) is 0 Å². The number of nitrogens with one attached hydrogen (secondary N) is 1. The number of para-hydroxylation sites is 2. The van der Waals surface area contributed by atoms with E-state index >= 15 is 0 Å². The van der Waals surface area contributed by atoms with Gasteiger partial charge in [-0.15, -0.1) is 0 Å². The molecule has 2 unspecified atom stereocenters. The van der Waals surface area contributed by atoms with E-state index in [2.05, 4.69) is 31.0 Å². The molecule has 1 amide bonds. The van der Waals surface area contributed by atoms with Gasteiger partial charge in [-0.25, -0.2) is 14.2 Å². The summed E-state index contributed by atoms with van der Waals surface area (Å²) in [6.45, 7) is 11.3. The fraction of sp³-hybridized carbons (Fsp3) is 0.652. The highest BCUT2D eigenvalue weighted by Crippen LogP contribution is 2.38. The molecule has 0 bridgehead atoms. The lowest BCUT2D eigenvalue weighted by molar-refractivity contribution is 0.0364. The Morgan fingerprint density at radius 3 is 2.53 bits per heavy atom. The number of imidazole rings is 1. The predicted molar refractivity (Wildman–Crippen MR) is 118 cm³/mol. The van der Waals surface area contributed by atoms with Gasteiger partial charge >= 0.3 is 11.7 Å². The maximum absolute atomic E-state index is 13.3. The number of hydrogen-bond acceptors (Lipinski definition) is 4. The van der Waals surface area contributed by atoms with Crippen LogP contribution < -0.4 is 11.0 Å². The van der Waals surface area contributed by atoms with Gasteiger partial charge in [0.05, 0.1) is 24.2 Å². The number of benzene rings is 1. The van der Waals surface area contributed by atoms with Crippen LogP contribution in [0.5, 0.6) is 0 Å². The number of fused-ring (bicyclic) bond motifs is 1. The largest absolute Gasteiger partial charge is 0.379 e. The molecule has 0 spiro atoms. The quantitative estimate of drug-likeness (QED) is 0.835. The van der Waals surface area contributed by atoms with E-state index < -0.39 is 0 Å². The van der Waals surface area contributed by atoms with Gasteiger partial charge < -0.3 is 10.1 Å². The van der Waals surface area contributed by atoms with Gasteiger partial charge in [0.25, 0.3) is 0 Å². The summed E-state index contributed by atoms with van der Waals surface area (Å²) >= 11 is 0.